The summed E-state index contributed by atoms with van der Waals surface area (Å²) in [5.41, 5.74) is -0.417. The van der Waals surface area contributed by atoms with Crippen molar-refractivity contribution >= 4 is 22.4 Å². The Bertz CT molecular complexity index is 722. The molecule has 2 heterocycles. The average Bonchev–Trinajstić information content (AvgIpc) is 3.05. The van der Waals surface area contributed by atoms with Gasteiger partial charge in [-0.15, -0.1) is 11.3 Å². The van der Waals surface area contributed by atoms with Gasteiger partial charge < -0.3 is 14.9 Å². The molecule has 2 aromatic rings. The average molecular weight is 357 g/mol. The highest BCUT2D eigenvalue weighted by Gasteiger charge is 2.34. The molecular weight excluding hydrogens is 343 g/mol. The van der Waals surface area contributed by atoms with Gasteiger partial charge in [-0.1, -0.05) is 0 Å². The number of nitrogens with zero attached hydrogens (tertiary/aromatic N) is 3. The standard InChI is InChI=1S/C15H14F3N3O2S/c16-15(17,18)12-9-24-14(19-12)21-7-5-20(6-8-21)13(23)10-1-3-11(22)4-2-10/h1-4,9,22H,5-8H2. The molecule has 0 spiro atoms. The Hall–Kier alpha value is -2.29. The molecule has 1 amide bonds. The molecule has 0 atom stereocenters. The van der Waals surface area contributed by atoms with Crippen molar-refractivity contribution in [3.05, 3.63) is 40.9 Å². The van der Waals surface area contributed by atoms with Crippen LogP contribution in [0, 0.1) is 0 Å². The predicted molar refractivity (Wildman–Crippen MR) is 83.3 cm³/mol. The third kappa shape index (κ3) is 3.45. The third-order valence-electron chi connectivity index (χ3n) is 3.73. The number of alkyl halides is 3. The maximum absolute atomic E-state index is 12.6. The minimum absolute atomic E-state index is 0.0839. The van der Waals surface area contributed by atoms with Crippen molar-refractivity contribution in [3.8, 4) is 5.75 Å². The number of aromatic nitrogens is 1. The van der Waals surface area contributed by atoms with Crippen molar-refractivity contribution in [1.29, 1.82) is 0 Å². The number of carbonyl (C=O) groups is 1. The molecule has 0 aliphatic carbocycles. The van der Waals surface area contributed by atoms with Crippen LogP contribution >= 0.6 is 11.3 Å². The maximum Gasteiger partial charge on any atom is 0.434 e. The fourth-order valence-electron chi connectivity index (χ4n) is 2.43. The molecule has 3 rings (SSSR count). The molecule has 1 aliphatic rings. The second-order valence-electron chi connectivity index (χ2n) is 5.34. The monoisotopic (exact) mass is 357 g/mol. The lowest BCUT2D eigenvalue weighted by Gasteiger charge is -2.34. The van der Waals surface area contributed by atoms with E-state index in [1.165, 1.54) is 12.1 Å². The number of benzene rings is 1. The van der Waals surface area contributed by atoms with Crippen molar-refractivity contribution in [3.63, 3.8) is 0 Å². The number of hydrogen-bond donors (Lipinski definition) is 1. The van der Waals surface area contributed by atoms with Gasteiger partial charge in [-0.2, -0.15) is 13.2 Å². The van der Waals surface area contributed by atoms with Gasteiger partial charge in [0.05, 0.1) is 0 Å². The van der Waals surface area contributed by atoms with Crippen molar-refractivity contribution < 1.29 is 23.1 Å². The summed E-state index contributed by atoms with van der Waals surface area (Å²) in [7, 11) is 0. The number of thiazole rings is 1. The molecule has 0 radical (unpaired) electrons. The summed E-state index contributed by atoms with van der Waals surface area (Å²) in [6.45, 7) is 1.66. The Morgan fingerprint density at radius 3 is 2.29 bits per heavy atom. The molecule has 1 fully saturated rings. The van der Waals surface area contributed by atoms with Crippen molar-refractivity contribution in [2.45, 2.75) is 6.18 Å². The minimum Gasteiger partial charge on any atom is -0.508 e. The summed E-state index contributed by atoms with van der Waals surface area (Å²) < 4.78 is 37.8. The molecule has 5 nitrogen and oxygen atoms in total. The predicted octanol–water partition coefficient (Wildman–Crippen LogP) is 2.83. The Balaban J connectivity index is 1.62. The van der Waals surface area contributed by atoms with Crippen LogP contribution in [0.15, 0.2) is 29.6 Å². The van der Waals surface area contributed by atoms with E-state index in [2.05, 4.69) is 4.98 Å². The smallest absolute Gasteiger partial charge is 0.434 e. The maximum atomic E-state index is 12.6. The summed E-state index contributed by atoms with van der Waals surface area (Å²) in [6, 6.07) is 5.97. The first-order valence-electron chi connectivity index (χ1n) is 7.20. The van der Waals surface area contributed by atoms with E-state index in [9.17, 15) is 23.1 Å². The molecule has 1 aliphatic heterocycles. The third-order valence-corrected chi connectivity index (χ3v) is 4.64. The van der Waals surface area contributed by atoms with Crippen molar-refractivity contribution in [2.75, 3.05) is 31.1 Å². The van der Waals surface area contributed by atoms with Crippen molar-refractivity contribution in [2.24, 2.45) is 0 Å². The highest BCUT2D eigenvalue weighted by atomic mass is 32.1. The van der Waals surface area contributed by atoms with Crippen LogP contribution in [0.3, 0.4) is 0 Å². The summed E-state index contributed by atoms with van der Waals surface area (Å²) in [5.74, 6) is -0.0784. The fraction of sp³-hybridized carbons (Fsp3) is 0.333. The van der Waals surface area contributed by atoms with Crippen LogP contribution < -0.4 is 4.90 Å². The second-order valence-corrected chi connectivity index (χ2v) is 6.18. The van der Waals surface area contributed by atoms with Gasteiger partial charge in [0.15, 0.2) is 10.8 Å². The number of phenolic OH excluding ortho intramolecular Hbond substituents is 1. The zero-order valence-electron chi connectivity index (χ0n) is 12.5. The Labute approximate surface area is 140 Å². The summed E-state index contributed by atoms with van der Waals surface area (Å²) in [4.78, 5) is 19.4. The number of rotatable bonds is 2. The van der Waals surface area contributed by atoms with Gasteiger partial charge in [0.25, 0.3) is 5.91 Å². The van der Waals surface area contributed by atoms with E-state index in [0.29, 0.717) is 36.9 Å². The lowest BCUT2D eigenvalue weighted by atomic mass is 10.2. The van der Waals surface area contributed by atoms with Gasteiger partial charge in [0.2, 0.25) is 0 Å². The zero-order chi connectivity index (χ0) is 17.3. The van der Waals surface area contributed by atoms with Gasteiger partial charge >= 0.3 is 6.18 Å². The Morgan fingerprint density at radius 1 is 1.12 bits per heavy atom. The van der Waals surface area contributed by atoms with Gasteiger partial charge in [-0.25, -0.2) is 4.98 Å². The van der Waals surface area contributed by atoms with Crippen LogP contribution in [-0.2, 0) is 6.18 Å². The first-order valence-corrected chi connectivity index (χ1v) is 8.08. The first-order chi connectivity index (χ1) is 11.3. The number of hydrogen-bond acceptors (Lipinski definition) is 5. The second kappa shape index (κ2) is 6.31. The topological polar surface area (TPSA) is 56.7 Å². The van der Waals surface area contributed by atoms with E-state index in [1.54, 1.807) is 21.9 Å². The lowest BCUT2D eigenvalue weighted by molar-refractivity contribution is -0.140. The number of anilines is 1. The molecule has 128 valence electrons. The van der Waals surface area contributed by atoms with Gasteiger partial charge in [0, 0.05) is 37.1 Å². The minimum atomic E-state index is -4.44. The van der Waals surface area contributed by atoms with Crippen LogP contribution in [0.1, 0.15) is 16.1 Å². The number of aromatic hydroxyl groups is 1. The fourth-order valence-corrected chi connectivity index (χ4v) is 3.31. The number of carbonyl (C=O) groups excluding carboxylic acids is 1. The van der Waals surface area contributed by atoms with Crippen LogP contribution in [0.25, 0.3) is 0 Å². The van der Waals surface area contributed by atoms with Crippen LogP contribution in [0.5, 0.6) is 5.75 Å². The number of amides is 1. The number of phenols is 1. The van der Waals surface area contributed by atoms with E-state index in [-0.39, 0.29) is 11.7 Å². The van der Waals surface area contributed by atoms with Crippen molar-refractivity contribution in [1.82, 2.24) is 9.88 Å². The van der Waals surface area contributed by atoms with Crippen LogP contribution in [0.2, 0.25) is 0 Å². The summed E-state index contributed by atoms with van der Waals surface area (Å²) >= 11 is 0.954. The van der Waals surface area contributed by atoms with Crippen LogP contribution in [-0.4, -0.2) is 47.1 Å². The Kier molecular flexibility index (Phi) is 4.35. The molecular formula is C15H14F3N3O2S. The lowest BCUT2D eigenvalue weighted by Crippen LogP contribution is -2.48. The number of halogens is 3. The van der Waals surface area contributed by atoms with Gasteiger partial charge in [0.1, 0.15) is 5.75 Å². The number of piperazine rings is 1. The summed E-state index contributed by atoms with van der Waals surface area (Å²) in [6.07, 6.45) is -4.44. The molecule has 1 saturated heterocycles. The van der Waals surface area contributed by atoms with E-state index in [4.69, 9.17) is 0 Å². The quantitative estimate of drug-likeness (QED) is 0.898. The normalized spacial score (nSPS) is 15.6. The van der Waals surface area contributed by atoms with Gasteiger partial charge in [-0.05, 0) is 24.3 Å². The zero-order valence-corrected chi connectivity index (χ0v) is 13.3. The van der Waals surface area contributed by atoms with E-state index in [1.807, 2.05) is 0 Å². The molecule has 1 N–H and O–H groups in total. The van der Waals surface area contributed by atoms with E-state index < -0.39 is 11.9 Å². The SMILES string of the molecule is O=C(c1ccc(O)cc1)N1CCN(c2nc(C(F)(F)F)cs2)CC1. The molecule has 1 aromatic heterocycles. The molecule has 9 heteroatoms. The highest BCUT2D eigenvalue weighted by Crippen LogP contribution is 2.33. The van der Waals surface area contributed by atoms with Gasteiger partial charge in [-0.3, -0.25) is 4.79 Å². The first kappa shape index (κ1) is 16.6. The molecule has 0 saturated carbocycles. The largest absolute Gasteiger partial charge is 0.508 e. The van der Waals surface area contributed by atoms with Crippen LogP contribution in [0.4, 0.5) is 18.3 Å². The van der Waals surface area contributed by atoms with E-state index >= 15 is 0 Å². The van der Waals surface area contributed by atoms with E-state index in [0.717, 1.165) is 16.7 Å². The molecule has 0 unspecified atom stereocenters. The highest BCUT2D eigenvalue weighted by molar-refractivity contribution is 7.13. The Morgan fingerprint density at radius 2 is 1.75 bits per heavy atom. The molecule has 1 aromatic carbocycles. The molecule has 0 bridgehead atoms. The summed E-state index contributed by atoms with van der Waals surface area (Å²) in [5, 5.41) is 10.6. The molecule has 24 heavy (non-hydrogen) atoms.